The minimum Gasteiger partial charge on any atom is -0.461 e. The Morgan fingerprint density at radius 1 is 1.29 bits per heavy atom. The number of thioether (sulfide) groups is 1. The van der Waals surface area contributed by atoms with Crippen molar-refractivity contribution in [1.29, 1.82) is 0 Å². The average molecular weight is 541 g/mol. The van der Waals surface area contributed by atoms with Crippen LogP contribution >= 0.6 is 11.8 Å². The van der Waals surface area contributed by atoms with Crippen LogP contribution in [-0.2, 0) is 19.1 Å². The Labute approximate surface area is 230 Å². The number of aryl methyl sites for hydroxylation is 2. The van der Waals surface area contributed by atoms with E-state index in [1.807, 2.05) is 45.9 Å². The van der Waals surface area contributed by atoms with E-state index >= 15 is 0 Å². The molecule has 7 atom stereocenters. The average Bonchev–Trinajstić information content (AvgIpc) is 3.46. The molecule has 1 aromatic carbocycles. The maximum absolute atomic E-state index is 14.8. The normalized spacial score (nSPS) is 30.3. The molecule has 7 nitrogen and oxygen atoms in total. The van der Waals surface area contributed by atoms with Crippen molar-refractivity contribution in [3.63, 3.8) is 0 Å². The van der Waals surface area contributed by atoms with E-state index in [1.54, 1.807) is 27.6 Å². The van der Waals surface area contributed by atoms with E-state index in [0.29, 0.717) is 0 Å². The number of hydrogen-bond donors (Lipinski definition) is 1. The van der Waals surface area contributed by atoms with Gasteiger partial charge in [0.25, 0.3) is 5.91 Å². The van der Waals surface area contributed by atoms with Crippen LogP contribution in [0.4, 0.5) is 5.69 Å². The number of esters is 1. The molecular weight excluding hydrogens is 500 g/mol. The lowest BCUT2D eigenvalue weighted by Crippen LogP contribution is -2.60. The fourth-order valence-corrected chi connectivity index (χ4v) is 9.21. The zero-order chi connectivity index (χ0) is 27.9. The molecule has 3 saturated heterocycles. The zero-order valence-electron chi connectivity index (χ0n) is 23.1. The van der Waals surface area contributed by atoms with Crippen LogP contribution in [0.2, 0.25) is 0 Å². The highest BCUT2D eigenvalue weighted by atomic mass is 32.2. The summed E-state index contributed by atoms with van der Waals surface area (Å²) in [7, 11) is 0. The molecule has 0 radical (unpaired) electrons. The summed E-state index contributed by atoms with van der Waals surface area (Å²) in [6, 6.07) is 4.59. The third-order valence-corrected chi connectivity index (χ3v) is 10.7. The number of ether oxygens (including phenoxy) is 1. The van der Waals surface area contributed by atoms with Crippen LogP contribution in [0.1, 0.15) is 38.3 Å². The second-order valence-electron chi connectivity index (χ2n) is 11.2. The van der Waals surface area contributed by atoms with Crippen molar-refractivity contribution in [2.24, 2.45) is 23.7 Å². The number of amides is 2. The van der Waals surface area contributed by atoms with E-state index in [9.17, 15) is 19.5 Å². The first-order chi connectivity index (χ1) is 18.0. The molecule has 1 N–H and O–H groups in total. The third kappa shape index (κ3) is 4.30. The smallest absolute Gasteiger partial charge is 0.311 e. The Bertz CT molecular complexity index is 1140. The van der Waals surface area contributed by atoms with Crippen LogP contribution < -0.4 is 4.90 Å². The Morgan fingerprint density at radius 3 is 2.61 bits per heavy atom. The number of anilines is 1. The van der Waals surface area contributed by atoms with E-state index in [-0.39, 0.29) is 48.7 Å². The molecule has 8 heteroatoms. The second-order valence-corrected chi connectivity index (χ2v) is 12.8. The number of likely N-dealkylation sites (tertiary alicyclic amines) is 1. The molecule has 2 bridgehead atoms. The summed E-state index contributed by atoms with van der Waals surface area (Å²) in [5, 5.41) is 10.4. The maximum Gasteiger partial charge on any atom is 0.311 e. The van der Waals surface area contributed by atoms with Crippen molar-refractivity contribution in [3.8, 4) is 0 Å². The summed E-state index contributed by atoms with van der Waals surface area (Å²) >= 11 is 1.60. The van der Waals surface area contributed by atoms with Gasteiger partial charge in [-0.2, -0.15) is 0 Å². The van der Waals surface area contributed by atoms with Crippen molar-refractivity contribution in [3.05, 3.63) is 54.6 Å². The molecule has 3 heterocycles. The number of aliphatic hydroxyl groups excluding tert-OH is 1. The standard InChI is InChI=1S/C30H40N2O5S/c1-8-12-31(21-14-18(5)10-11-19(21)6)28(35)26-30-20(7)15-23(38-30)24(29(36)37-13-9-2)25(30)27(34)32(26)22(16-33)17(3)4/h8-11,14,17,20,22-26,33H,1-2,12-13,15-16H2,3-7H3/t20?,22-,23-,24+,25-,26?,30?/m0/s1. The number of rotatable bonds is 10. The minimum atomic E-state index is -0.832. The predicted molar refractivity (Wildman–Crippen MR) is 151 cm³/mol. The molecule has 4 rings (SSSR count). The number of nitrogens with zero attached hydrogens (tertiary/aromatic N) is 2. The van der Waals surface area contributed by atoms with Crippen LogP contribution in [0.3, 0.4) is 0 Å². The first kappa shape index (κ1) is 28.4. The monoisotopic (exact) mass is 540 g/mol. The van der Waals surface area contributed by atoms with Gasteiger partial charge in [-0.3, -0.25) is 14.4 Å². The Balaban J connectivity index is 1.88. The van der Waals surface area contributed by atoms with Crippen LogP contribution in [0.25, 0.3) is 0 Å². The van der Waals surface area contributed by atoms with Gasteiger partial charge in [0.05, 0.1) is 29.2 Å². The Kier molecular flexibility index (Phi) is 8.15. The van der Waals surface area contributed by atoms with Crippen molar-refractivity contribution >= 4 is 35.2 Å². The first-order valence-electron chi connectivity index (χ1n) is 13.4. The molecule has 3 aliphatic rings. The first-order valence-corrected chi connectivity index (χ1v) is 14.3. The third-order valence-electron chi connectivity index (χ3n) is 8.58. The summed E-state index contributed by atoms with van der Waals surface area (Å²) in [4.78, 5) is 45.7. The van der Waals surface area contributed by atoms with E-state index in [1.165, 1.54) is 6.08 Å². The summed E-state index contributed by atoms with van der Waals surface area (Å²) in [6.45, 7) is 17.5. The quantitative estimate of drug-likeness (QED) is 0.358. The number of fused-ring (bicyclic) bond motifs is 1. The van der Waals surface area contributed by atoms with Gasteiger partial charge in [0.2, 0.25) is 5.91 Å². The molecule has 3 aliphatic heterocycles. The number of carbonyl (C=O) groups excluding carboxylic acids is 3. The van der Waals surface area contributed by atoms with Gasteiger partial charge in [0.15, 0.2) is 0 Å². The molecule has 1 aromatic rings. The van der Waals surface area contributed by atoms with Gasteiger partial charge in [-0.05, 0) is 49.3 Å². The Hall–Kier alpha value is -2.58. The van der Waals surface area contributed by atoms with Crippen molar-refractivity contribution in [2.75, 3.05) is 24.7 Å². The van der Waals surface area contributed by atoms with E-state index in [2.05, 4.69) is 20.1 Å². The highest BCUT2D eigenvalue weighted by Gasteiger charge is 2.77. The molecular formula is C30H40N2O5S. The van der Waals surface area contributed by atoms with E-state index in [0.717, 1.165) is 23.2 Å². The maximum atomic E-state index is 14.8. The van der Waals surface area contributed by atoms with Crippen molar-refractivity contribution < 1.29 is 24.2 Å². The van der Waals surface area contributed by atoms with E-state index < -0.39 is 34.6 Å². The molecule has 3 unspecified atom stereocenters. The van der Waals surface area contributed by atoms with Gasteiger partial charge in [-0.1, -0.05) is 51.6 Å². The highest BCUT2D eigenvalue weighted by Crippen LogP contribution is 2.69. The number of hydrogen-bond acceptors (Lipinski definition) is 6. The highest BCUT2D eigenvalue weighted by molar-refractivity contribution is 8.02. The number of aliphatic hydroxyl groups is 1. The summed E-state index contributed by atoms with van der Waals surface area (Å²) in [5.74, 6) is -2.25. The molecule has 1 spiro atoms. The SMILES string of the molecule is C=CCOC(=O)[C@@H]1[C@@H]2CC(C)C3(S2)C(C(=O)N(CC=C)c2cc(C)ccc2C)N([C@@H](CO)C(C)C)C(=O)[C@H]13. The molecule has 206 valence electrons. The fraction of sp³-hybridized carbons (Fsp3) is 0.567. The van der Waals surface area contributed by atoms with Crippen LogP contribution in [-0.4, -0.2) is 69.6 Å². The molecule has 0 aromatic heterocycles. The Morgan fingerprint density at radius 2 is 2.00 bits per heavy atom. The fourth-order valence-electron chi connectivity index (χ4n) is 6.82. The molecule has 2 amide bonds. The minimum absolute atomic E-state index is 0.0181. The second kappa shape index (κ2) is 10.9. The van der Waals surface area contributed by atoms with Crippen LogP contribution in [0.5, 0.6) is 0 Å². The van der Waals surface area contributed by atoms with Crippen LogP contribution in [0.15, 0.2) is 43.5 Å². The van der Waals surface area contributed by atoms with Gasteiger partial charge in [-0.25, -0.2) is 0 Å². The van der Waals surface area contributed by atoms with E-state index in [4.69, 9.17) is 4.74 Å². The molecule has 3 fully saturated rings. The predicted octanol–water partition coefficient (Wildman–Crippen LogP) is 3.91. The molecule has 0 saturated carbocycles. The van der Waals surface area contributed by atoms with Crippen molar-refractivity contribution in [2.45, 2.75) is 63.1 Å². The largest absolute Gasteiger partial charge is 0.461 e. The van der Waals surface area contributed by atoms with Gasteiger partial charge in [0, 0.05) is 17.5 Å². The van der Waals surface area contributed by atoms with Gasteiger partial charge in [0.1, 0.15) is 12.6 Å². The zero-order valence-corrected chi connectivity index (χ0v) is 23.9. The molecule has 0 aliphatic carbocycles. The lowest BCUT2D eigenvalue weighted by molar-refractivity contribution is -0.154. The van der Waals surface area contributed by atoms with Gasteiger partial charge >= 0.3 is 5.97 Å². The van der Waals surface area contributed by atoms with Crippen molar-refractivity contribution in [1.82, 2.24) is 4.90 Å². The summed E-state index contributed by atoms with van der Waals surface area (Å²) < 4.78 is 4.67. The number of benzene rings is 1. The number of carbonyl (C=O) groups is 3. The van der Waals surface area contributed by atoms with Crippen LogP contribution in [0, 0.1) is 37.5 Å². The lowest BCUT2D eigenvalue weighted by atomic mass is 9.66. The topological polar surface area (TPSA) is 87.2 Å². The van der Waals surface area contributed by atoms with Gasteiger partial charge < -0.3 is 19.6 Å². The summed E-state index contributed by atoms with van der Waals surface area (Å²) in [5.41, 5.74) is 2.74. The van der Waals surface area contributed by atoms with Gasteiger partial charge in [-0.15, -0.1) is 18.3 Å². The summed E-state index contributed by atoms with van der Waals surface area (Å²) in [6.07, 6.45) is 3.93. The molecule has 38 heavy (non-hydrogen) atoms. The lowest BCUT2D eigenvalue weighted by Gasteiger charge is -2.43.